The van der Waals surface area contributed by atoms with Gasteiger partial charge in [-0.1, -0.05) is 237 Å². The number of hydrogen-bond acceptors (Lipinski definition) is 7. The van der Waals surface area contributed by atoms with Crippen LogP contribution in [0, 0.1) is 0 Å². The van der Waals surface area contributed by atoms with Crippen molar-refractivity contribution in [3.8, 4) is 0 Å². The van der Waals surface area contributed by atoms with Crippen LogP contribution in [0.4, 0.5) is 0 Å². The zero-order chi connectivity index (χ0) is 48.7. The van der Waals surface area contributed by atoms with Gasteiger partial charge in [0.1, 0.15) is 19.3 Å². The van der Waals surface area contributed by atoms with Crippen LogP contribution in [0.25, 0.3) is 0 Å². The Balaban J connectivity index is 4.11. The maximum atomic E-state index is 13.0. The number of amides is 1. The summed E-state index contributed by atoms with van der Waals surface area (Å²) in [5.74, 6) is -0.288. The van der Waals surface area contributed by atoms with Gasteiger partial charge in [0.25, 0.3) is 7.82 Å². The van der Waals surface area contributed by atoms with E-state index in [0.29, 0.717) is 30.3 Å². The van der Waals surface area contributed by atoms with Gasteiger partial charge in [-0.25, -0.2) is 0 Å². The first-order chi connectivity index (χ1) is 31.9. The molecule has 0 saturated carbocycles. The first kappa shape index (κ1) is 64.9. The van der Waals surface area contributed by atoms with Crippen molar-refractivity contribution in [2.24, 2.45) is 0 Å². The summed E-state index contributed by atoms with van der Waals surface area (Å²) in [6.07, 6.45) is 55.5. The summed E-state index contributed by atoms with van der Waals surface area (Å²) < 4.78 is 23.2. The van der Waals surface area contributed by atoms with Gasteiger partial charge >= 0.3 is 0 Å². The SMILES string of the molecule is CCCCC/C=C/CC/C=C/CCCC(O)C(O)C(COP(=O)([O-])OCC[N+](C)(C)C)NC(=O)CCCCCCCCCCCCCCCCCCCCCCCCCCCCCCCC. The number of aliphatic hydroxyl groups is 2. The molecule has 0 aromatic rings. The molecular weight excluding hydrogens is 844 g/mol. The number of rotatable bonds is 52. The third-order valence-corrected chi connectivity index (χ3v) is 14.0. The number of carbonyl (C=O) groups excluding carboxylic acids is 1. The topological polar surface area (TPSA) is 128 Å². The van der Waals surface area contributed by atoms with E-state index in [0.717, 1.165) is 38.5 Å². The van der Waals surface area contributed by atoms with Crippen molar-refractivity contribution in [2.75, 3.05) is 40.9 Å². The molecule has 10 heteroatoms. The second-order valence-corrected chi connectivity index (χ2v) is 22.2. The number of phosphoric acid groups is 1. The summed E-state index contributed by atoms with van der Waals surface area (Å²) in [7, 11) is 1.11. The average Bonchev–Trinajstić information content (AvgIpc) is 3.28. The lowest BCUT2D eigenvalue weighted by Gasteiger charge is -2.31. The van der Waals surface area contributed by atoms with Crippen molar-refractivity contribution >= 4 is 13.7 Å². The minimum Gasteiger partial charge on any atom is -0.756 e. The van der Waals surface area contributed by atoms with E-state index in [1.807, 2.05) is 21.1 Å². The molecule has 0 fully saturated rings. The minimum atomic E-state index is -4.68. The van der Waals surface area contributed by atoms with Crippen LogP contribution < -0.4 is 10.2 Å². The number of likely N-dealkylation sites (N-methyl/N-ethyl adjacent to an activating group) is 1. The Morgan fingerprint density at radius 2 is 0.879 bits per heavy atom. The lowest BCUT2D eigenvalue weighted by molar-refractivity contribution is -0.870. The highest BCUT2D eigenvalue weighted by Crippen LogP contribution is 2.38. The van der Waals surface area contributed by atoms with Crippen LogP contribution in [-0.4, -0.2) is 79.8 Å². The summed E-state index contributed by atoms with van der Waals surface area (Å²) in [5, 5.41) is 24.7. The smallest absolute Gasteiger partial charge is 0.268 e. The van der Waals surface area contributed by atoms with Crippen LogP contribution in [0.15, 0.2) is 24.3 Å². The second-order valence-electron chi connectivity index (χ2n) is 20.8. The van der Waals surface area contributed by atoms with E-state index in [2.05, 4.69) is 43.5 Å². The molecule has 0 spiro atoms. The molecule has 1 amide bonds. The van der Waals surface area contributed by atoms with E-state index in [9.17, 15) is 24.5 Å². The highest BCUT2D eigenvalue weighted by Gasteiger charge is 2.29. The molecule has 9 nitrogen and oxygen atoms in total. The van der Waals surface area contributed by atoms with Crippen molar-refractivity contribution in [1.82, 2.24) is 5.32 Å². The number of quaternary nitrogens is 1. The molecule has 0 saturated heterocycles. The number of allylic oxidation sites excluding steroid dienone is 4. The van der Waals surface area contributed by atoms with Crippen molar-refractivity contribution in [2.45, 2.75) is 289 Å². The monoisotopic (exact) mass is 955 g/mol. The van der Waals surface area contributed by atoms with E-state index < -0.39 is 32.7 Å². The number of carbonyl (C=O) groups is 1. The number of phosphoric ester groups is 1. The van der Waals surface area contributed by atoms with Gasteiger partial charge < -0.3 is 34.0 Å². The van der Waals surface area contributed by atoms with Crippen molar-refractivity contribution in [3.05, 3.63) is 24.3 Å². The molecule has 0 bridgehead atoms. The molecule has 4 atom stereocenters. The average molecular weight is 955 g/mol. The number of unbranched alkanes of at least 4 members (excludes halogenated alkanes) is 34. The normalized spacial score (nSPS) is 14.6. The molecule has 0 aromatic heterocycles. The maximum absolute atomic E-state index is 13.0. The van der Waals surface area contributed by atoms with E-state index in [-0.39, 0.29) is 18.9 Å². The van der Waals surface area contributed by atoms with E-state index >= 15 is 0 Å². The molecule has 0 aromatic carbocycles. The molecule has 0 radical (unpaired) electrons. The highest BCUT2D eigenvalue weighted by atomic mass is 31.2. The quantitative estimate of drug-likeness (QED) is 0.0240. The Morgan fingerprint density at radius 3 is 1.27 bits per heavy atom. The van der Waals surface area contributed by atoms with Gasteiger partial charge in [-0.05, 0) is 51.4 Å². The Kier molecular flexibility index (Phi) is 46.8. The van der Waals surface area contributed by atoms with Crippen molar-refractivity contribution < 1.29 is 38.0 Å². The Labute approximate surface area is 409 Å². The molecule has 392 valence electrons. The molecule has 4 unspecified atom stereocenters. The number of nitrogens with zero attached hydrogens (tertiary/aromatic N) is 1. The van der Waals surface area contributed by atoms with Gasteiger partial charge in [0, 0.05) is 6.42 Å². The molecule has 0 heterocycles. The molecule has 0 aliphatic rings. The summed E-state index contributed by atoms with van der Waals surface area (Å²) >= 11 is 0. The largest absolute Gasteiger partial charge is 0.756 e. The number of hydrogen-bond donors (Lipinski definition) is 3. The zero-order valence-electron chi connectivity index (χ0n) is 44.3. The highest BCUT2D eigenvalue weighted by molar-refractivity contribution is 7.45. The standard InChI is InChI=1S/C56H111N2O7P/c1-6-8-10-12-14-16-18-20-21-22-23-24-25-26-27-28-29-30-31-32-33-34-35-36-37-39-41-43-45-47-49-55(60)57-53(52-65-66(62,63)64-51-50-58(3,4)5)56(61)54(59)48-46-44-42-40-38-19-17-15-13-11-9-7-2/h15,17,40,42,53-54,56,59,61H,6-14,16,18-39,41,43-52H2,1-5H3,(H-,57,60,62,63)/b17-15+,42-40+. The Hall–Kier alpha value is -1.06. The third kappa shape index (κ3) is 48.0. The minimum absolute atomic E-state index is 0.0467. The van der Waals surface area contributed by atoms with Crippen molar-refractivity contribution in [1.29, 1.82) is 0 Å². The fraction of sp³-hybridized carbons (Fsp3) is 0.911. The molecular formula is C56H111N2O7P. The van der Waals surface area contributed by atoms with Crippen LogP contribution >= 0.6 is 7.82 Å². The van der Waals surface area contributed by atoms with E-state index in [1.165, 1.54) is 193 Å². The Bertz CT molecular complexity index is 1150. The lowest BCUT2D eigenvalue weighted by Crippen LogP contribution is -2.51. The van der Waals surface area contributed by atoms with Gasteiger partial charge in [-0.3, -0.25) is 9.36 Å². The van der Waals surface area contributed by atoms with E-state index in [1.54, 1.807) is 0 Å². The van der Waals surface area contributed by atoms with Gasteiger partial charge in [-0.2, -0.15) is 0 Å². The van der Waals surface area contributed by atoms with Crippen LogP contribution in [0.1, 0.15) is 271 Å². The predicted molar refractivity (Wildman–Crippen MR) is 281 cm³/mol. The first-order valence-corrected chi connectivity index (χ1v) is 29.7. The molecule has 0 rings (SSSR count). The number of nitrogens with one attached hydrogen (secondary N) is 1. The fourth-order valence-corrected chi connectivity index (χ4v) is 9.23. The lowest BCUT2D eigenvalue weighted by atomic mass is 10.0. The summed E-state index contributed by atoms with van der Waals surface area (Å²) in [4.78, 5) is 25.5. The first-order valence-electron chi connectivity index (χ1n) is 28.3. The molecule has 66 heavy (non-hydrogen) atoms. The number of aliphatic hydroxyl groups excluding tert-OH is 2. The second kappa shape index (κ2) is 47.6. The molecule has 0 aliphatic carbocycles. The van der Waals surface area contributed by atoms with Crippen LogP contribution in [0.5, 0.6) is 0 Å². The van der Waals surface area contributed by atoms with Gasteiger partial charge in [0.05, 0.1) is 39.9 Å². The summed E-state index contributed by atoms with van der Waals surface area (Å²) in [6.45, 7) is 4.41. The third-order valence-electron chi connectivity index (χ3n) is 13.0. The summed E-state index contributed by atoms with van der Waals surface area (Å²) in [5.41, 5.74) is 0. The fourth-order valence-electron chi connectivity index (χ4n) is 8.51. The van der Waals surface area contributed by atoms with Gasteiger partial charge in [-0.15, -0.1) is 0 Å². The Morgan fingerprint density at radius 1 is 0.530 bits per heavy atom. The van der Waals surface area contributed by atoms with Gasteiger partial charge in [0.15, 0.2) is 0 Å². The van der Waals surface area contributed by atoms with Crippen LogP contribution in [-0.2, 0) is 18.4 Å². The van der Waals surface area contributed by atoms with E-state index in [4.69, 9.17) is 9.05 Å². The molecule has 3 N–H and O–H groups in total. The van der Waals surface area contributed by atoms with Crippen LogP contribution in [0.3, 0.4) is 0 Å². The van der Waals surface area contributed by atoms with Gasteiger partial charge in [0.2, 0.25) is 5.91 Å². The zero-order valence-corrected chi connectivity index (χ0v) is 45.2. The van der Waals surface area contributed by atoms with Crippen LogP contribution in [0.2, 0.25) is 0 Å². The predicted octanol–water partition coefficient (Wildman–Crippen LogP) is 15.2. The maximum Gasteiger partial charge on any atom is 0.268 e. The van der Waals surface area contributed by atoms with Crippen molar-refractivity contribution in [3.63, 3.8) is 0 Å². The molecule has 0 aliphatic heterocycles. The summed E-state index contributed by atoms with van der Waals surface area (Å²) in [6, 6.07) is -1.09.